The molecule has 0 bridgehead atoms. The number of carbonyl (C=O) groups excluding carboxylic acids is 2. The Morgan fingerprint density at radius 3 is 2.63 bits per heavy atom. The first-order valence-electron chi connectivity index (χ1n) is 8.06. The first-order valence-corrected chi connectivity index (χ1v) is 9.56. The molecule has 4 N–H and O–H groups in total. The van der Waals surface area contributed by atoms with Crippen LogP contribution in [0.5, 0.6) is 5.95 Å². The topological polar surface area (TPSA) is 124 Å². The van der Waals surface area contributed by atoms with E-state index in [4.69, 9.17) is 26.5 Å². The largest absolute Gasteiger partial charge is 0.463 e. The average Bonchev–Trinajstić information content (AvgIpc) is 2.63. The number of hydrogen-bond acceptors (Lipinski definition) is 6. The molecule has 1 aromatic carbocycles. The summed E-state index contributed by atoms with van der Waals surface area (Å²) in [4.78, 5) is 36.0. The predicted molar refractivity (Wildman–Crippen MR) is 107 cm³/mol. The molecule has 0 fully saturated rings. The summed E-state index contributed by atoms with van der Waals surface area (Å²) in [5.74, 6) is -0.964. The Kier molecular flexibility index (Phi) is 7.23. The third-order valence-electron chi connectivity index (χ3n) is 3.58. The van der Waals surface area contributed by atoms with E-state index in [1.54, 1.807) is 12.1 Å². The molecular weight excluding hydrogens is 442 g/mol. The number of carbonyl (C=O) groups is 2. The van der Waals surface area contributed by atoms with Crippen LogP contribution < -0.4 is 26.7 Å². The minimum absolute atomic E-state index is 0.0577. The lowest BCUT2D eigenvalue weighted by molar-refractivity contribution is -0.126. The summed E-state index contributed by atoms with van der Waals surface area (Å²) in [7, 11) is 0. The van der Waals surface area contributed by atoms with Gasteiger partial charge in [-0.25, -0.2) is 4.79 Å². The predicted octanol–water partition coefficient (Wildman–Crippen LogP) is 2.01. The number of amides is 2. The third-order valence-corrected chi connectivity index (χ3v) is 4.27. The molecule has 8 nitrogen and oxygen atoms in total. The Labute approximate surface area is 168 Å². The summed E-state index contributed by atoms with van der Waals surface area (Å²) in [5, 5.41) is 6.45. The lowest BCUT2D eigenvalue weighted by Gasteiger charge is -2.16. The lowest BCUT2D eigenvalue weighted by atomic mass is 10.1. The van der Waals surface area contributed by atoms with Crippen molar-refractivity contribution in [2.45, 2.75) is 25.9 Å². The first kappa shape index (κ1) is 21.2. The highest BCUT2D eigenvalue weighted by molar-refractivity contribution is 9.09. The van der Waals surface area contributed by atoms with Crippen LogP contribution in [-0.4, -0.2) is 35.8 Å². The standard InChI is InChI=1S/C17H19BrClN3O5/c1-8(20)14(23)21-9(2)15(24)22-10-3-4-11-12(7-10)16(25)27-17(13(11)19)26-6-5-18/h3-4,7-9H,5-6,20H2,1-2H3,(H,21,23)(H,22,24)/t8-,9-/m0/s1. The molecule has 0 unspecified atom stereocenters. The maximum atomic E-state index is 12.2. The molecule has 2 amide bonds. The average molecular weight is 461 g/mol. The van der Waals surface area contributed by atoms with Crippen LogP contribution in [0.25, 0.3) is 10.8 Å². The van der Waals surface area contributed by atoms with Crippen LogP contribution in [0, 0.1) is 0 Å². The molecule has 10 heteroatoms. The van der Waals surface area contributed by atoms with Gasteiger partial charge in [-0.2, -0.15) is 0 Å². The summed E-state index contributed by atoms with van der Waals surface area (Å²) >= 11 is 9.43. The second-order valence-corrected chi connectivity index (χ2v) is 6.97. The quantitative estimate of drug-likeness (QED) is 0.543. The molecule has 27 heavy (non-hydrogen) atoms. The zero-order valence-electron chi connectivity index (χ0n) is 14.7. The van der Waals surface area contributed by atoms with E-state index in [2.05, 4.69) is 26.6 Å². The number of nitrogens with one attached hydrogen (secondary N) is 2. The molecule has 0 aliphatic carbocycles. The third kappa shape index (κ3) is 5.21. The van der Waals surface area contributed by atoms with Crippen LogP contribution in [0.1, 0.15) is 13.8 Å². The van der Waals surface area contributed by atoms with Gasteiger partial charge in [-0.05, 0) is 26.0 Å². The smallest absolute Gasteiger partial charge is 0.346 e. The minimum Gasteiger partial charge on any atom is -0.463 e. The number of fused-ring (bicyclic) bond motifs is 1. The van der Waals surface area contributed by atoms with E-state index in [-0.39, 0.29) is 23.0 Å². The van der Waals surface area contributed by atoms with Crippen LogP contribution in [-0.2, 0) is 9.59 Å². The number of benzene rings is 1. The molecule has 2 aromatic rings. The van der Waals surface area contributed by atoms with Gasteiger partial charge in [0.15, 0.2) is 0 Å². The SMILES string of the molecule is C[C@H](N)C(=O)N[C@@H](C)C(=O)Nc1ccc2c(Cl)c(OCCBr)oc(=O)c2c1. The minimum atomic E-state index is -0.806. The van der Waals surface area contributed by atoms with Gasteiger partial charge in [0.2, 0.25) is 11.8 Å². The molecule has 0 saturated heterocycles. The molecule has 0 radical (unpaired) electrons. The van der Waals surface area contributed by atoms with Gasteiger partial charge in [-0.1, -0.05) is 33.6 Å². The Bertz CT molecular complexity index is 915. The maximum Gasteiger partial charge on any atom is 0.346 e. The summed E-state index contributed by atoms with van der Waals surface area (Å²) in [6, 6.07) is 3.07. The molecule has 1 heterocycles. The van der Waals surface area contributed by atoms with E-state index in [1.807, 2.05) is 0 Å². The molecule has 0 aliphatic rings. The van der Waals surface area contributed by atoms with Crippen molar-refractivity contribution in [2.75, 3.05) is 17.3 Å². The fourth-order valence-corrected chi connectivity index (χ4v) is 2.58. The van der Waals surface area contributed by atoms with Gasteiger partial charge < -0.3 is 25.5 Å². The normalized spacial score (nSPS) is 13.1. The summed E-state index contributed by atoms with van der Waals surface area (Å²) in [6.45, 7) is 3.32. The number of anilines is 1. The molecule has 146 valence electrons. The second-order valence-electron chi connectivity index (χ2n) is 5.80. The Morgan fingerprint density at radius 2 is 2.00 bits per heavy atom. The summed E-state index contributed by atoms with van der Waals surface area (Å²) < 4.78 is 10.4. The zero-order valence-corrected chi connectivity index (χ0v) is 17.0. The van der Waals surface area contributed by atoms with E-state index in [0.29, 0.717) is 16.4 Å². The number of nitrogens with two attached hydrogens (primary N) is 1. The molecule has 2 atom stereocenters. The lowest BCUT2D eigenvalue weighted by Crippen LogP contribution is -2.47. The highest BCUT2D eigenvalue weighted by atomic mass is 79.9. The van der Waals surface area contributed by atoms with E-state index in [1.165, 1.54) is 19.9 Å². The van der Waals surface area contributed by atoms with Crippen LogP contribution >= 0.6 is 27.5 Å². The Hall–Kier alpha value is -2.10. The zero-order chi connectivity index (χ0) is 20.1. The second kappa shape index (κ2) is 9.20. The molecule has 0 spiro atoms. The fourth-order valence-electron chi connectivity index (χ4n) is 2.16. The van der Waals surface area contributed by atoms with Crippen LogP contribution in [0.3, 0.4) is 0 Å². The van der Waals surface area contributed by atoms with Crippen molar-refractivity contribution < 1.29 is 18.7 Å². The highest BCUT2D eigenvalue weighted by Gasteiger charge is 2.19. The van der Waals surface area contributed by atoms with E-state index in [0.717, 1.165) is 0 Å². The van der Waals surface area contributed by atoms with E-state index < -0.39 is 29.5 Å². The van der Waals surface area contributed by atoms with Gasteiger partial charge in [0.25, 0.3) is 0 Å². The van der Waals surface area contributed by atoms with Gasteiger partial charge in [-0.3, -0.25) is 9.59 Å². The van der Waals surface area contributed by atoms with Crippen LogP contribution in [0.15, 0.2) is 27.4 Å². The molecule has 1 aromatic heterocycles. The monoisotopic (exact) mass is 459 g/mol. The van der Waals surface area contributed by atoms with E-state index >= 15 is 0 Å². The van der Waals surface area contributed by atoms with Gasteiger partial charge in [-0.15, -0.1) is 0 Å². The van der Waals surface area contributed by atoms with Gasteiger partial charge >= 0.3 is 11.6 Å². The van der Waals surface area contributed by atoms with Crippen molar-refractivity contribution in [1.82, 2.24) is 5.32 Å². The van der Waals surface area contributed by atoms with Crippen molar-refractivity contribution >= 4 is 55.8 Å². The van der Waals surface area contributed by atoms with Crippen molar-refractivity contribution in [3.8, 4) is 5.95 Å². The number of hydrogen-bond donors (Lipinski definition) is 3. The van der Waals surface area contributed by atoms with Crippen LogP contribution in [0.4, 0.5) is 5.69 Å². The van der Waals surface area contributed by atoms with Crippen molar-refractivity contribution in [2.24, 2.45) is 5.73 Å². The first-order chi connectivity index (χ1) is 12.7. The van der Waals surface area contributed by atoms with Crippen molar-refractivity contribution in [1.29, 1.82) is 0 Å². The number of ether oxygens (including phenoxy) is 1. The maximum absolute atomic E-state index is 12.2. The van der Waals surface area contributed by atoms with Crippen molar-refractivity contribution in [3.05, 3.63) is 33.6 Å². The summed E-state index contributed by atoms with van der Waals surface area (Å²) in [6.07, 6.45) is 0. The molecule has 0 saturated carbocycles. The Morgan fingerprint density at radius 1 is 1.30 bits per heavy atom. The highest BCUT2D eigenvalue weighted by Crippen LogP contribution is 2.31. The van der Waals surface area contributed by atoms with Gasteiger partial charge in [0.1, 0.15) is 17.7 Å². The van der Waals surface area contributed by atoms with Gasteiger partial charge in [0, 0.05) is 16.4 Å². The number of halogens is 2. The van der Waals surface area contributed by atoms with Gasteiger partial charge in [0.05, 0.1) is 11.4 Å². The molecular formula is C17H19BrClN3O5. The van der Waals surface area contributed by atoms with Crippen molar-refractivity contribution in [3.63, 3.8) is 0 Å². The molecule has 0 aliphatic heterocycles. The van der Waals surface area contributed by atoms with Crippen LogP contribution in [0.2, 0.25) is 5.02 Å². The van der Waals surface area contributed by atoms with E-state index in [9.17, 15) is 14.4 Å². The number of rotatable bonds is 7. The number of alkyl halides is 1. The Balaban J connectivity index is 2.23. The molecule has 2 rings (SSSR count). The summed E-state index contributed by atoms with van der Waals surface area (Å²) in [5.41, 5.74) is 5.17. The fraction of sp³-hybridized carbons (Fsp3) is 0.353.